The number of amides is 1. The Kier molecular flexibility index (Phi) is 3.82. The second-order valence-corrected chi connectivity index (χ2v) is 7.77. The van der Waals surface area contributed by atoms with Crippen LogP contribution in [0.1, 0.15) is 12.0 Å². The van der Waals surface area contributed by atoms with Crippen LogP contribution < -0.4 is 10.1 Å². The van der Waals surface area contributed by atoms with Crippen molar-refractivity contribution < 1.29 is 17.9 Å². The molecule has 22 heavy (non-hydrogen) atoms. The first-order valence-corrected chi connectivity index (χ1v) is 8.93. The highest BCUT2D eigenvalue weighted by molar-refractivity contribution is 7.91. The van der Waals surface area contributed by atoms with E-state index in [-0.39, 0.29) is 29.9 Å². The lowest BCUT2D eigenvalue weighted by atomic mass is 10.1. The number of methoxy groups -OCH3 is 1. The maximum absolute atomic E-state index is 12.1. The fourth-order valence-corrected chi connectivity index (χ4v) is 4.53. The molecule has 1 aliphatic heterocycles. The second kappa shape index (κ2) is 5.64. The first kappa shape index (κ1) is 14.9. The van der Waals surface area contributed by atoms with Gasteiger partial charge in [0.2, 0.25) is 5.91 Å². The number of benzene rings is 1. The number of fused-ring (bicyclic) bond motifs is 1. The Morgan fingerprint density at radius 3 is 2.95 bits per heavy atom. The van der Waals surface area contributed by atoms with E-state index in [9.17, 15) is 13.2 Å². The summed E-state index contributed by atoms with van der Waals surface area (Å²) in [6.45, 7) is 0. The lowest BCUT2D eigenvalue weighted by Crippen LogP contribution is -2.36. The molecule has 2 N–H and O–H groups in total. The molecule has 118 valence electrons. The van der Waals surface area contributed by atoms with Crippen LogP contribution in [0.2, 0.25) is 0 Å². The predicted octanol–water partition coefficient (Wildman–Crippen LogP) is 1.02. The van der Waals surface area contributed by atoms with Crippen molar-refractivity contribution >= 4 is 26.6 Å². The molecule has 1 saturated heterocycles. The van der Waals surface area contributed by atoms with Crippen molar-refractivity contribution in [2.45, 2.75) is 18.9 Å². The van der Waals surface area contributed by atoms with Gasteiger partial charge in [-0.2, -0.15) is 0 Å². The Hall–Kier alpha value is -2.02. The number of H-pyrrole nitrogens is 1. The molecule has 1 fully saturated rings. The van der Waals surface area contributed by atoms with Crippen molar-refractivity contribution in [3.05, 3.63) is 30.0 Å². The van der Waals surface area contributed by atoms with E-state index in [1.54, 1.807) is 13.3 Å². The predicted molar refractivity (Wildman–Crippen MR) is 83.8 cm³/mol. The molecule has 1 amide bonds. The summed E-state index contributed by atoms with van der Waals surface area (Å²) in [6, 6.07) is 5.39. The molecule has 1 aromatic heterocycles. The van der Waals surface area contributed by atoms with Crippen molar-refractivity contribution in [3.63, 3.8) is 0 Å². The third-order valence-electron chi connectivity index (χ3n) is 3.93. The Labute approximate surface area is 128 Å². The van der Waals surface area contributed by atoms with Gasteiger partial charge >= 0.3 is 0 Å². The van der Waals surface area contributed by atoms with Gasteiger partial charge in [-0.25, -0.2) is 8.42 Å². The number of rotatable bonds is 4. The van der Waals surface area contributed by atoms with Crippen molar-refractivity contribution in [3.8, 4) is 5.75 Å². The minimum atomic E-state index is -2.98. The van der Waals surface area contributed by atoms with Crippen LogP contribution in [0.25, 0.3) is 10.9 Å². The van der Waals surface area contributed by atoms with E-state index in [1.165, 1.54) is 0 Å². The van der Waals surface area contributed by atoms with Gasteiger partial charge in [-0.3, -0.25) is 4.79 Å². The molecular formula is C15H18N2O4S. The molecule has 2 heterocycles. The van der Waals surface area contributed by atoms with Crippen LogP contribution in [0.4, 0.5) is 0 Å². The van der Waals surface area contributed by atoms with Crippen LogP contribution >= 0.6 is 0 Å². The molecule has 0 radical (unpaired) electrons. The lowest BCUT2D eigenvalue weighted by molar-refractivity contribution is -0.120. The molecular weight excluding hydrogens is 304 g/mol. The minimum Gasteiger partial charge on any atom is -0.495 e. The van der Waals surface area contributed by atoms with Gasteiger partial charge in [0, 0.05) is 17.6 Å². The van der Waals surface area contributed by atoms with Gasteiger partial charge in [0.15, 0.2) is 9.84 Å². The van der Waals surface area contributed by atoms with Crippen LogP contribution in [-0.2, 0) is 21.1 Å². The van der Waals surface area contributed by atoms with Crippen LogP contribution in [0, 0.1) is 0 Å². The largest absolute Gasteiger partial charge is 0.495 e. The summed E-state index contributed by atoms with van der Waals surface area (Å²) >= 11 is 0. The zero-order valence-corrected chi connectivity index (χ0v) is 13.1. The van der Waals surface area contributed by atoms with E-state index < -0.39 is 9.84 Å². The third kappa shape index (κ3) is 2.94. The molecule has 0 saturated carbocycles. The summed E-state index contributed by atoms with van der Waals surface area (Å²) in [5.41, 5.74) is 1.73. The summed E-state index contributed by atoms with van der Waals surface area (Å²) in [5, 5.41) is 3.74. The summed E-state index contributed by atoms with van der Waals surface area (Å²) in [5.74, 6) is 0.764. The quantitative estimate of drug-likeness (QED) is 0.880. The number of nitrogens with one attached hydrogen (secondary N) is 2. The van der Waals surface area contributed by atoms with Gasteiger partial charge in [0.05, 0.1) is 30.6 Å². The molecule has 1 unspecified atom stereocenters. The van der Waals surface area contributed by atoms with Crippen molar-refractivity contribution in [1.29, 1.82) is 0 Å². The number of para-hydroxylation sites is 1. The maximum Gasteiger partial charge on any atom is 0.224 e. The van der Waals surface area contributed by atoms with Crippen molar-refractivity contribution in [2.24, 2.45) is 0 Å². The SMILES string of the molecule is COc1cccc2c(CC(=O)NC3CCS(=O)(=O)C3)c[nH]c12. The number of aromatic amines is 1. The molecule has 6 nitrogen and oxygen atoms in total. The van der Waals surface area contributed by atoms with Gasteiger partial charge < -0.3 is 15.0 Å². The topological polar surface area (TPSA) is 88.3 Å². The van der Waals surface area contributed by atoms with E-state index in [4.69, 9.17) is 4.74 Å². The number of hydrogen-bond donors (Lipinski definition) is 2. The Balaban J connectivity index is 1.72. The van der Waals surface area contributed by atoms with Gasteiger partial charge in [0.1, 0.15) is 5.75 Å². The van der Waals surface area contributed by atoms with Gasteiger partial charge in [-0.15, -0.1) is 0 Å². The summed E-state index contributed by atoms with van der Waals surface area (Å²) in [7, 11) is -1.38. The highest BCUT2D eigenvalue weighted by Crippen LogP contribution is 2.27. The Morgan fingerprint density at radius 2 is 2.27 bits per heavy atom. The molecule has 7 heteroatoms. The van der Waals surface area contributed by atoms with Crippen LogP contribution in [0.3, 0.4) is 0 Å². The summed E-state index contributed by atoms with van der Waals surface area (Å²) in [6.07, 6.45) is 2.50. The minimum absolute atomic E-state index is 0.0421. The maximum atomic E-state index is 12.1. The normalized spacial score (nSPS) is 20.1. The van der Waals surface area contributed by atoms with Crippen LogP contribution in [0.5, 0.6) is 5.75 Å². The number of aromatic nitrogens is 1. The van der Waals surface area contributed by atoms with E-state index in [2.05, 4.69) is 10.3 Å². The van der Waals surface area contributed by atoms with E-state index >= 15 is 0 Å². The molecule has 0 aliphatic carbocycles. The average molecular weight is 322 g/mol. The Bertz CT molecular complexity index is 810. The smallest absolute Gasteiger partial charge is 0.224 e. The fraction of sp³-hybridized carbons (Fsp3) is 0.400. The van der Waals surface area contributed by atoms with Crippen molar-refractivity contribution in [2.75, 3.05) is 18.6 Å². The van der Waals surface area contributed by atoms with Gasteiger partial charge in [0.25, 0.3) is 0 Å². The van der Waals surface area contributed by atoms with Crippen LogP contribution in [0.15, 0.2) is 24.4 Å². The average Bonchev–Trinajstić information content (AvgIpc) is 3.02. The zero-order chi connectivity index (χ0) is 15.7. The van der Waals surface area contributed by atoms with Gasteiger partial charge in [-0.05, 0) is 18.1 Å². The van der Waals surface area contributed by atoms with E-state index in [0.29, 0.717) is 6.42 Å². The molecule has 1 aromatic carbocycles. The van der Waals surface area contributed by atoms with Crippen molar-refractivity contribution in [1.82, 2.24) is 10.3 Å². The summed E-state index contributed by atoms with van der Waals surface area (Å²) < 4.78 is 28.1. The number of ether oxygens (including phenoxy) is 1. The van der Waals surface area contributed by atoms with E-state index in [0.717, 1.165) is 22.2 Å². The molecule has 0 spiro atoms. The molecule has 0 bridgehead atoms. The van der Waals surface area contributed by atoms with E-state index in [1.807, 2.05) is 18.2 Å². The fourth-order valence-electron chi connectivity index (χ4n) is 2.86. The highest BCUT2D eigenvalue weighted by Gasteiger charge is 2.28. The third-order valence-corrected chi connectivity index (χ3v) is 5.70. The summed E-state index contributed by atoms with van der Waals surface area (Å²) in [4.78, 5) is 15.2. The molecule has 3 rings (SSSR count). The van der Waals surface area contributed by atoms with Crippen LogP contribution in [-0.4, -0.2) is 44.0 Å². The highest BCUT2D eigenvalue weighted by atomic mass is 32.2. The zero-order valence-electron chi connectivity index (χ0n) is 12.3. The number of sulfone groups is 1. The first-order chi connectivity index (χ1) is 10.5. The lowest BCUT2D eigenvalue weighted by Gasteiger charge is -2.10. The second-order valence-electron chi connectivity index (χ2n) is 5.54. The first-order valence-electron chi connectivity index (χ1n) is 7.11. The molecule has 1 atom stereocenters. The molecule has 2 aromatic rings. The molecule has 1 aliphatic rings. The number of carbonyl (C=O) groups is 1. The Morgan fingerprint density at radius 1 is 1.45 bits per heavy atom. The van der Waals surface area contributed by atoms with Gasteiger partial charge in [-0.1, -0.05) is 12.1 Å². The number of carbonyl (C=O) groups excluding carboxylic acids is 1. The number of hydrogen-bond acceptors (Lipinski definition) is 4. The standard InChI is InChI=1S/C15H18N2O4S/c1-21-13-4-2-3-12-10(8-16-15(12)13)7-14(18)17-11-5-6-22(19,20)9-11/h2-4,8,11,16H,5-7,9H2,1H3,(H,17,18). The monoisotopic (exact) mass is 322 g/mol.